The maximum Gasteiger partial charge on any atom is 0.123 e. The fourth-order valence-electron chi connectivity index (χ4n) is 2.00. The van der Waals surface area contributed by atoms with E-state index in [0.717, 1.165) is 5.56 Å². The van der Waals surface area contributed by atoms with Crippen LogP contribution in [0.2, 0.25) is 0 Å². The van der Waals surface area contributed by atoms with E-state index in [9.17, 15) is 14.8 Å². The molecular formula is C16H15FN2O. The third-order valence-electron chi connectivity index (χ3n) is 3.08. The van der Waals surface area contributed by atoms with Gasteiger partial charge < -0.3 is 5.11 Å². The first-order valence-corrected chi connectivity index (χ1v) is 6.31. The van der Waals surface area contributed by atoms with Gasteiger partial charge in [0.1, 0.15) is 11.9 Å². The fraction of sp³-hybridized carbons (Fsp3) is 0.188. The molecule has 0 unspecified atom stereocenters. The second-order valence-electron chi connectivity index (χ2n) is 4.43. The molecule has 20 heavy (non-hydrogen) atoms. The van der Waals surface area contributed by atoms with Crippen molar-refractivity contribution >= 4 is 0 Å². The van der Waals surface area contributed by atoms with E-state index in [1.54, 1.807) is 12.1 Å². The lowest BCUT2D eigenvalue weighted by atomic mass is 10.0. The van der Waals surface area contributed by atoms with Gasteiger partial charge >= 0.3 is 0 Å². The van der Waals surface area contributed by atoms with Crippen molar-refractivity contribution in [3.8, 4) is 6.07 Å². The lowest BCUT2D eigenvalue weighted by Gasteiger charge is -2.20. The molecule has 3 nitrogen and oxygen atoms in total. The smallest absolute Gasteiger partial charge is 0.123 e. The molecule has 2 N–H and O–H groups in total. The topological polar surface area (TPSA) is 56.0 Å². The SMILES string of the molecule is N#C[C@@H](N[C@@H](CO)c1ccccc1)c1ccc(F)cc1. The highest BCUT2D eigenvalue weighted by molar-refractivity contribution is 5.26. The first-order chi connectivity index (χ1) is 9.74. The minimum Gasteiger partial charge on any atom is -0.394 e. The average Bonchev–Trinajstić information content (AvgIpc) is 2.51. The summed E-state index contributed by atoms with van der Waals surface area (Å²) in [5.41, 5.74) is 1.57. The Morgan fingerprint density at radius 3 is 2.25 bits per heavy atom. The molecule has 0 spiro atoms. The molecule has 0 aromatic heterocycles. The fourth-order valence-corrected chi connectivity index (χ4v) is 2.00. The predicted octanol–water partition coefficient (Wildman–Crippen LogP) is 2.71. The van der Waals surface area contributed by atoms with E-state index in [-0.39, 0.29) is 18.5 Å². The summed E-state index contributed by atoms with van der Waals surface area (Å²) in [5.74, 6) is -0.341. The summed E-state index contributed by atoms with van der Waals surface area (Å²) in [4.78, 5) is 0. The average molecular weight is 270 g/mol. The molecule has 2 aromatic carbocycles. The van der Waals surface area contributed by atoms with Gasteiger partial charge in [0.2, 0.25) is 0 Å². The summed E-state index contributed by atoms with van der Waals surface area (Å²) in [6.07, 6.45) is 0. The van der Waals surface area contributed by atoms with Crippen LogP contribution in [0.15, 0.2) is 54.6 Å². The van der Waals surface area contributed by atoms with Crippen molar-refractivity contribution in [2.45, 2.75) is 12.1 Å². The Morgan fingerprint density at radius 2 is 1.70 bits per heavy atom. The van der Waals surface area contributed by atoms with Gasteiger partial charge in [0.05, 0.1) is 18.7 Å². The second-order valence-corrected chi connectivity index (χ2v) is 4.43. The maximum atomic E-state index is 12.9. The van der Waals surface area contributed by atoms with E-state index in [4.69, 9.17) is 0 Å². The Hall–Kier alpha value is -2.22. The quantitative estimate of drug-likeness (QED) is 0.878. The molecule has 0 radical (unpaired) electrons. The number of aliphatic hydroxyl groups is 1. The van der Waals surface area contributed by atoms with E-state index in [2.05, 4.69) is 11.4 Å². The molecule has 0 bridgehead atoms. The summed E-state index contributed by atoms with van der Waals surface area (Å²) in [5, 5.41) is 21.8. The van der Waals surface area contributed by atoms with Gasteiger partial charge in [0.25, 0.3) is 0 Å². The van der Waals surface area contributed by atoms with E-state index < -0.39 is 6.04 Å². The lowest BCUT2D eigenvalue weighted by Crippen LogP contribution is -2.28. The Morgan fingerprint density at radius 1 is 1.05 bits per heavy atom. The van der Waals surface area contributed by atoms with Crippen LogP contribution in [0.4, 0.5) is 4.39 Å². The first kappa shape index (κ1) is 14.2. The summed E-state index contributed by atoms with van der Waals surface area (Å²) in [7, 11) is 0. The molecule has 102 valence electrons. The van der Waals surface area contributed by atoms with Gasteiger partial charge in [-0.25, -0.2) is 4.39 Å². The van der Waals surface area contributed by atoms with Crippen molar-refractivity contribution in [1.29, 1.82) is 5.26 Å². The van der Waals surface area contributed by atoms with Gasteiger partial charge in [-0.2, -0.15) is 5.26 Å². The molecule has 4 heteroatoms. The monoisotopic (exact) mass is 270 g/mol. The summed E-state index contributed by atoms with van der Waals surface area (Å²) < 4.78 is 12.9. The van der Waals surface area contributed by atoms with Gasteiger partial charge in [-0.05, 0) is 23.3 Å². The van der Waals surface area contributed by atoms with Crippen LogP contribution in [0.1, 0.15) is 23.2 Å². The summed E-state index contributed by atoms with van der Waals surface area (Å²) >= 11 is 0. The number of benzene rings is 2. The predicted molar refractivity (Wildman–Crippen MR) is 74.2 cm³/mol. The standard InChI is InChI=1S/C16H15FN2O/c17-14-8-6-13(7-9-14)15(10-18)19-16(11-20)12-4-2-1-3-5-12/h1-9,15-16,19-20H,11H2/t15-,16+/m1/s1. The van der Waals surface area contributed by atoms with Crippen LogP contribution < -0.4 is 5.32 Å². The lowest BCUT2D eigenvalue weighted by molar-refractivity contribution is 0.239. The number of aliphatic hydroxyl groups excluding tert-OH is 1. The van der Waals surface area contributed by atoms with Gasteiger partial charge in [-0.15, -0.1) is 0 Å². The van der Waals surface area contributed by atoms with Gasteiger partial charge in [-0.3, -0.25) is 5.32 Å². The largest absolute Gasteiger partial charge is 0.394 e. The molecule has 0 heterocycles. The van der Waals surface area contributed by atoms with Crippen molar-refractivity contribution in [3.05, 3.63) is 71.5 Å². The molecule has 0 aliphatic rings. The molecule has 0 aliphatic heterocycles. The van der Waals surface area contributed by atoms with Gasteiger partial charge in [-0.1, -0.05) is 42.5 Å². The molecule has 2 rings (SSSR count). The molecule has 2 atom stereocenters. The molecule has 0 amide bonds. The number of hydrogen-bond acceptors (Lipinski definition) is 3. The number of halogens is 1. The zero-order valence-corrected chi connectivity index (χ0v) is 10.8. The molecule has 0 fully saturated rings. The van der Waals surface area contributed by atoms with Crippen molar-refractivity contribution in [2.75, 3.05) is 6.61 Å². The highest BCUT2D eigenvalue weighted by atomic mass is 19.1. The number of rotatable bonds is 5. The minimum absolute atomic E-state index is 0.122. The number of nitriles is 1. The Kier molecular flexibility index (Phi) is 4.83. The number of hydrogen-bond donors (Lipinski definition) is 2. The number of nitrogens with one attached hydrogen (secondary N) is 1. The number of nitrogens with zero attached hydrogens (tertiary/aromatic N) is 1. The minimum atomic E-state index is -0.604. The third-order valence-corrected chi connectivity index (χ3v) is 3.08. The van der Waals surface area contributed by atoms with Crippen molar-refractivity contribution in [1.82, 2.24) is 5.32 Å². The van der Waals surface area contributed by atoms with Crippen LogP contribution in [0, 0.1) is 17.1 Å². The highest BCUT2D eigenvalue weighted by Gasteiger charge is 2.17. The van der Waals surface area contributed by atoms with Crippen LogP contribution in [-0.4, -0.2) is 11.7 Å². The van der Waals surface area contributed by atoms with E-state index in [1.165, 1.54) is 12.1 Å². The van der Waals surface area contributed by atoms with Crippen LogP contribution in [0.3, 0.4) is 0 Å². The summed E-state index contributed by atoms with van der Waals surface area (Å²) in [6.45, 7) is -0.122. The van der Waals surface area contributed by atoms with E-state index in [1.807, 2.05) is 30.3 Å². The van der Waals surface area contributed by atoms with Crippen LogP contribution in [-0.2, 0) is 0 Å². The molecule has 0 saturated heterocycles. The second kappa shape index (κ2) is 6.80. The van der Waals surface area contributed by atoms with Crippen molar-refractivity contribution in [2.24, 2.45) is 0 Å². The van der Waals surface area contributed by atoms with Gasteiger partial charge in [0.15, 0.2) is 0 Å². The molecule has 0 aliphatic carbocycles. The Balaban J connectivity index is 2.17. The van der Waals surface area contributed by atoms with Crippen LogP contribution in [0.5, 0.6) is 0 Å². The Labute approximate surface area is 117 Å². The molecule has 0 saturated carbocycles. The maximum absolute atomic E-state index is 12.9. The third kappa shape index (κ3) is 3.41. The van der Waals surface area contributed by atoms with Crippen LogP contribution in [0.25, 0.3) is 0 Å². The van der Waals surface area contributed by atoms with E-state index in [0.29, 0.717) is 5.56 Å². The summed E-state index contributed by atoms with van der Waals surface area (Å²) in [6, 6.07) is 16.3. The van der Waals surface area contributed by atoms with E-state index >= 15 is 0 Å². The zero-order chi connectivity index (χ0) is 14.4. The van der Waals surface area contributed by atoms with Crippen molar-refractivity contribution in [3.63, 3.8) is 0 Å². The highest BCUT2D eigenvalue weighted by Crippen LogP contribution is 2.19. The molecule has 2 aromatic rings. The van der Waals surface area contributed by atoms with Crippen molar-refractivity contribution < 1.29 is 9.50 Å². The normalized spacial score (nSPS) is 13.4. The van der Waals surface area contributed by atoms with Gasteiger partial charge in [0, 0.05) is 0 Å². The Bertz CT molecular complexity index is 578. The zero-order valence-electron chi connectivity index (χ0n) is 10.8. The van der Waals surface area contributed by atoms with Crippen LogP contribution >= 0.6 is 0 Å². The molecular weight excluding hydrogens is 255 g/mol. The first-order valence-electron chi connectivity index (χ1n) is 6.31.